The second kappa shape index (κ2) is 5.05. The molecule has 2 atom stereocenters. The molecule has 1 heterocycles. The molecule has 0 aromatic rings. The summed E-state index contributed by atoms with van der Waals surface area (Å²) in [5.74, 6) is 0.0971. The second-order valence-corrected chi connectivity index (χ2v) is 8.04. The van der Waals surface area contributed by atoms with Gasteiger partial charge in [0.05, 0.1) is 0 Å². The van der Waals surface area contributed by atoms with E-state index in [1.807, 2.05) is 25.7 Å². The minimum atomic E-state index is -0.408. The number of hydrogen-bond donors (Lipinski definition) is 1. The zero-order valence-corrected chi connectivity index (χ0v) is 13.5. The van der Waals surface area contributed by atoms with Gasteiger partial charge in [-0.1, -0.05) is 41.0 Å². The van der Waals surface area contributed by atoms with Crippen LogP contribution in [0.25, 0.3) is 0 Å². The molecular weight excluding hydrogens is 252 g/mol. The van der Waals surface area contributed by atoms with Crippen molar-refractivity contribution in [3.63, 3.8) is 0 Å². The Morgan fingerprint density at radius 3 is 2.40 bits per heavy atom. The summed E-state index contributed by atoms with van der Waals surface area (Å²) in [6.45, 7) is 11.1. The molecule has 1 N–H and O–H groups in total. The lowest BCUT2D eigenvalue weighted by Gasteiger charge is -2.40. The third-order valence-corrected chi connectivity index (χ3v) is 4.86. The monoisotopic (exact) mass is 280 g/mol. The summed E-state index contributed by atoms with van der Waals surface area (Å²) in [6, 6.07) is -0.138. The lowest BCUT2D eigenvalue weighted by atomic mass is 9.83. The predicted molar refractivity (Wildman–Crippen MR) is 79.1 cm³/mol. The fourth-order valence-corrected chi connectivity index (χ4v) is 3.58. The summed E-state index contributed by atoms with van der Waals surface area (Å²) in [7, 11) is 0. The maximum Gasteiger partial charge on any atom is 0.245 e. The lowest BCUT2D eigenvalue weighted by molar-refractivity contribution is -0.140. The van der Waals surface area contributed by atoms with Gasteiger partial charge < -0.3 is 10.2 Å². The summed E-state index contributed by atoms with van der Waals surface area (Å²) >= 11 is 0. The molecule has 0 radical (unpaired) electrons. The fraction of sp³-hybridized carbons (Fsp3) is 0.875. The molecule has 1 saturated heterocycles. The van der Waals surface area contributed by atoms with Crippen LogP contribution in [0.2, 0.25) is 0 Å². The zero-order chi connectivity index (χ0) is 15.1. The molecule has 2 fully saturated rings. The van der Waals surface area contributed by atoms with Crippen molar-refractivity contribution in [1.82, 2.24) is 10.2 Å². The van der Waals surface area contributed by atoms with Gasteiger partial charge in [0.2, 0.25) is 11.8 Å². The van der Waals surface area contributed by atoms with E-state index in [-0.39, 0.29) is 28.7 Å². The number of nitrogens with one attached hydrogen (secondary N) is 1. The number of nitrogens with zero attached hydrogens (tertiary/aromatic N) is 1. The van der Waals surface area contributed by atoms with Gasteiger partial charge in [0, 0.05) is 19.0 Å². The first kappa shape index (κ1) is 15.3. The van der Waals surface area contributed by atoms with Crippen LogP contribution in [0.1, 0.15) is 60.3 Å². The topological polar surface area (TPSA) is 49.4 Å². The highest BCUT2D eigenvalue weighted by Crippen LogP contribution is 2.41. The van der Waals surface area contributed by atoms with Crippen LogP contribution in [0.4, 0.5) is 0 Å². The smallest absolute Gasteiger partial charge is 0.245 e. The third kappa shape index (κ3) is 2.84. The lowest BCUT2D eigenvalue weighted by Crippen LogP contribution is -2.55. The molecule has 2 unspecified atom stereocenters. The third-order valence-electron chi connectivity index (χ3n) is 4.86. The summed E-state index contributed by atoms with van der Waals surface area (Å²) in [6.07, 6.45) is 3.81. The molecule has 1 aliphatic carbocycles. The molecule has 20 heavy (non-hydrogen) atoms. The van der Waals surface area contributed by atoms with Crippen molar-refractivity contribution in [2.24, 2.45) is 10.8 Å². The predicted octanol–water partition coefficient (Wildman–Crippen LogP) is 2.33. The summed E-state index contributed by atoms with van der Waals surface area (Å²) in [5, 5.41) is 2.92. The average Bonchev–Trinajstić information content (AvgIpc) is 2.56. The van der Waals surface area contributed by atoms with Crippen molar-refractivity contribution in [2.75, 3.05) is 6.54 Å². The Hall–Kier alpha value is -1.06. The molecular formula is C16H28N2O2. The number of carbonyl (C=O) groups excluding carboxylic acids is 2. The summed E-state index contributed by atoms with van der Waals surface area (Å²) in [4.78, 5) is 26.8. The molecule has 2 amide bonds. The Kier molecular flexibility index (Phi) is 3.87. The minimum Gasteiger partial charge on any atom is -0.344 e. The van der Waals surface area contributed by atoms with Gasteiger partial charge in [-0.05, 0) is 23.7 Å². The molecule has 0 aromatic heterocycles. The normalized spacial score (nSPS) is 31.1. The van der Waals surface area contributed by atoms with Gasteiger partial charge in [0.1, 0.15) is 6.04 Å². The van der Waals surface area contributed by atoms with E-state index >= 15 is 0 Å². The maximum absolute atomic E-state index is 12.9. The number of carbonyl (C=O) groups is 2. The van der Waals surface area contributed by atoms with Gasteiger partial charge in [-0.15, -0.1) is 0 Å². The van der Waals surface area contributed by atoms with Crippen LogP contribution >= 0.6 is 0 Å². The zero-order valence-electron chi connectivity index (χ0n) is 13.5. The molecule has 0 spiro atoms. The van der Waals surface area contributed by atoms with Crippen LogP contribution in [-0.2, 0) is 9.59 Å². The molecule has 4 heteroatoms. The van der Waals surface area contributed by atoms with Crippen molar-refractivity contribution in [3.8, 4) is 0 Å². The molecule has 1 aliphatic heterocycles. The van der Waals surface area contributed by atoms with E-state index in [9.17, 15) is 9.59 Å². The van der Waals surface area contributed by atoms with Crippen molar-refractivity contribution in [1.29, 1.82) is 0 Å². The van der Waals surface area contributed by atoms with Crippen molar-refractivity contribution in [3.05, 3.63) is 0 Å². The van der Waals surface area contributed by atoms with Crippen LogP contribution in [0, 0.1) is 10.8 Å². The fourth-order valence-electron chi connectivity index (χ4n) is 3.58. The molecule has 4 nitrogen and oxygen atoms in total. The highest BCUT2D eigenvalue weighted by atomic mass is 16.2. The minimum absolute atomic E-state index is 0.00317. The van der Waals surface area contributed by atoms with Gasteiger partial charge in [-0.3, -0.25) is 9.59 Å². The SMILES string of the molecule is CC(C)(C)C1NC(=O)CCN(C2CCCC2(C)C)C1=O. The maximum atomic E-state index is 12.9. The standard InChI is InChI=1S/C16H28N2O2/c1-15(2,3)13-14(20)18(10-8-12(19)17-13)11-7-6-9-16(11,4)5/h11,13H,6-10H2,1-5H3,(H,17,19). The number of rotatable bonds is 1. The molecule has 2 rings (SSSR count). The molecule has 0 bridgehead atoms. The van der Waals surface area contributed by atoms with Crippen molar-refractivity contribution < 1.29 is 9.59 Å². The molecule has 1 saturated carbocycles. The molecule has 2 aliphatic rings. The van der Waals surface area contributed by atoms with Crippen molar-refractivity contribution >= 4 is 11.8 Å². The first-order valence-electron chi connectivity index (χ1n) is 7.73. The molecule has 114 valence electrons. The van der Waals surface area contributed by atoms with Crippen LogP contribution in [0.15, 0.2) is 0 Å². The Labute approximate surface area is 122 Å². The highest BCUT2D eigenvalue weighted by Gasteiger charge is 2.45. The first-order valence-corrected chi connectivity index (χ1v) is 7.73. The van der Waals surface area contributed by atoms with E-state index in [0.29, 0.717) is 13.0 Å². The Bertz CT molecular complexity index is 409. The van der Waals surface area contributed by atoms with E-state index in [2.05, 4.69) is 19.2 Å². The van der Waals surface area contributed by atoms with E-state index in [1.54, 1.807) is 0 Å². The quantitative estimate of drug-likeness (QED) is 0.801. The molecule has 0 aromatic carbocycles. The van der Waals surface area contributed by atoms with E-state index in [0.717, 1.165) is 12.8 Å². The Morgan fingerprint density at radius 2 is 1.90 bits per heavy atom. The largest absolute Gasteiger partial charge is 0.344 e. The van der Waals surface area contributed by atoms with Crippen LogP contribution < -0.4 is 5.32 Å². The highest BCUT2D eigenvalue weighted by molar-refractivity contribution is 5.90. The van der Waals surface area contributed by atoms with E-state index in [1.165, 1.54) is 6.42 Å². The number of amides is 2. The Balaban J connectivity index is 2.28. The van der Waals surface area contributed by atoms with Crippen molar-refractivity contribution in [2.45, 2.75) is 72.4 Å². The first-order chi connectivity index (χ1) is 9.13. The van der Waals surface area contributed by atoms with Gasteiger partial charge in [0.15, 0.2) is 0 Å². The number of hydrogen-bond acceptors (Lipinski definition) is 2. The van der Waals surface area contributed by atoms with Crippen LogP contribution in [0.5, 0.6) is 0 Å². The Morgan fingerprint density at radius 1 is 1.25 bits per heavy atom. The summed E-state index contributed by atoms with van der Waals surface area (Å²) in [5.41, 5.74) is -0.0937. The second-order valence-electron chi connectivity index (χ2n) is 8.04. The van der Waals surface area contributed by atoms with Gasteiger partial charge in [-0.25, -0.2) is 0 Å². The summed E-state index contributed by atoms with van der Waals surface area (Å²) < 4.78 is 0. The van der Waals surface area contributed by atoms with E-state index < -0.39 is 6.04 Å². The van der Waals surface area contributed by atoms with Crippen LogP contribution in [-0.4, -0.2) is 35.3 Å². The van der Waals surface area contributed by atoms with Gasteiger partial charge in [-0.2, -0.15) is 0 Å². The van der Waals surface area contributed by atoms with E-state index in [4.69, 9.17) is 0 Å². The van der Waals surface area contributed by atoms with Gasteiger partial charge in [0.25, 0.3) is 0 Å². The van der Waals surface area contributed by atoms with Gasteiger partial charge >= 0.3 is 0 Å². The van der Waals surface area contributed by atoms with Crippen LogP contribution in [0.3, 0.4) is 0 Å². The average molecular weight is 280 g/mol.